The molecule has 0 radical (unpaired) electrons. The van der Waals surface area contributed by atoms with E-state index in [0.717, 1.165) is 5.96 Å². The summed E-state index contributed by atoms with van der Waals surface area (Å²) in [6.07, 6.45) is 4.89. The number of aliphatic imine (C=N–C) groups is 1. The van der Waals surface area contributed by atoms with Gasteiger partial charge in [-0.05, 0) is 31.1 Å². The highest BCUT2D eigenvalue weighted by atomic mass is 15.3. The molecule has 4 heteroatoms. The second-order valence-corrected chi connectivity index (χ2v) is 4.77. The zero-order valence-corrected chi connectivity index (χ0v) is 9.01. The van der Waals surface area contributed by atoms with Crippen LogP contribution >= 0.6 is 0 Å². The predicted octanol–water partition coefficient (Wildman–Crippen LogP) is 0.746. The Morgan fingerprint density at radius 2 is 2.29 bits per heavy atom. The van der Waals surface area contributed by atoms with Gasteiger partial charge in [-0.3, -0.25) is 5.43 Å². The van der Waals surface area contributed by atoms with Gasteiger partial charge in [-0.25, -0.2) is 10.8 Å². The Morgan fingerprint density at radius 3 is 2.71 bits per heavy atom. The van der Waals surface area contributed by atoms with Gasteiger partial charge in [0.15, 0.2) is 0 Å². The number of guanidine groups is 1. The van der Waals surface area contributed by atoms with Crippen LogP contribution < -0.4 is 16.6 Å². The highest BCUT2D eigenvalue weighted by Crippen LogP contribution is 2.50. The van der Waals surface area contributed by atoms with Crippen molar-refractivity contribution in [2.45, 2.75) is 51.6 Å². The van der Waals surface area contributed by atoms with Crippen LogP contribution in [0.15, 0.2) is 4.99 Å². The molecule has 0 saturated heterocycles. The summed E-state index contributed by atoms with van der Waals surface area (Å²) in [4.78, 5) is 4.58. The van der Waals surface area contributed by atoms with Crippen molar-refractivity contribution >= 4 is 5.96 Å². The van der Waals surface area contributed by atoms with Gasteiger partial charge in [0.1, 0.15) is 0 Å². The van der Waals surface area contributed by atoms with Crippen molar-refractivity contribution in [1.82, 2.24) is 10.7 Å². The minimum absolute atomic E-state index is 0.424. The lowest BCUT2D eigenvalue weighted by Gasteiger charge is -2.09. The Bertz CT molecular complexity index is 247. The molecule has 2 unspecified atom stereocenters. The highest BCUT2D eigenvalue weighted by Gasteiger charge is 2.48. The average Bonchev–Trinajstić information content (AvgIpc) is 3.06. The number of nitrogens with zero attached hydrogens (tertiary/aromatic N) is 1. The van der Waals surface area contributed by atoms with E-state index in [1.54, 1.807) is 0 Å². The Morgan fingerprint density at radius 1 is 1.57 bits per heavy atom. The lowest BCUT2D eigenvalue weighted by molar-refractivity contribution is 0.525. The van der Waals surface area contributed by atoms with E-state index in [1.165, 1.54) is 25.7 Å². The topological polar surface area (TPSA) is 62.4 Å². The van der Waals surface area contributed by atoms with Gasteiger partial charge in [0, 0.05) is 6.04 Å². The first-order valence-corrected chi connectivity index (χ1v) is 5.49. The maximum atomic E-state index is 5.41. The summed E-state index contributed by atoms with van der Waals surface area (Å²) < 4.78 is 0. The molecule has 14 heavy (non-hydrogen) atoms. The minimum atomic E-state index is 0.424. The van der Waals surface area contributed by atoms with Gasteiger partial charge in [0.2, 0.25) is 5.96 Å². The van der Waals surface area contributed by atoms with E-state index in [1.807, 2.05) is 0 Å². The zero-order valence-electron chi connectivity index (χ0n) is 9.01. The van der Waals surface area contributed by atoms with Gasteiger partial charge in [-0.2, -0.15) is 0 Å². The summed E-state index contributed by atoms with van der Waals surface area (Å²) in [5.41, 5.74) is 3.07. The van der Waals surface area contributed by atoms with E-state index < -0.39 is 0 Å². The van der Waals surface area contributed by atoms with E-state index in [2.05, 4.69) is 29.6 Å². The summed E-state index contributed by atoms with van der Waals surface area (Å²) in [6.45, 7) is 4.51. The lowest BCUT2D eigenvalue weighted by atomic mass is 10.1. The molecule has 0 spiro atoms. The second kappa shape index (κ2) is 3.42. The lowest BCUT2D eigenvalue weighted by Crippen LogP contribution is -2.43. The van der Waals surface area contributed by atoms with Gasteiger partial charge in [-0.15, -0.1) is 0 Å². The molecule has 2 rings (SSSR count). The Labute approximate surface area is 85.3 Å². The van der Waals surface area contributed by atoms with Crippen molar-refractivity contribution in [1.29, 1.82) is 0 Å². The van der Waals surface area contributed by atoms with Crippen LogP contribution in [0.3, 0.4) is 0 Å². The SMILES string of the molecule is CCC1(C)CC1N=C(NN)NC1CC1. The molecule has 0 aliphatic heterocycles. The van der Waals surface area contributed by atoms with Crippen molar-refractivity contribution in [2.75, 3.05) is 0 Å². The quantitative estimate of drug-likeness (QED) is 0.270. The third kappa shape index (κ3) is 2.00. The fourth-order valence-electron chi connectivity index (χ4n) is 1.66. The smallest absolute Gasteiger partial charge is 0.206 e. The number of rotatable bonds is 3. The molecular weight excluding hydrogens is 176 g/mol. The van der Waals surface area contributed by atoms with E-state index in [0.29, 0.717) is 17.5 Å². The summed E-state index contributed by atoms with van der Waals surface area (Å²) >= 11 is 0. The molecule has 2 fully saturated rings. The molecule has 0 aromatic rings. The van der Waals surface area contributed by atoms with Crippen LogP contribution in [0.5, 0.6) is 0 Å². The summed E-state index contributed by atoms with van der Waals surface area (Å²) in [5.74, 6) is 6.18. The first kappa shape index (κ1) is 9.77. The van der Waals surface area contributed by atoms with Crippen LogP contribution in [-0.2, 0) is 0 Å². The largest absolute Gasteiger partial charge is 0.353 e. The molecule has 0 amide bonds. The fraction of sp³-hybridized carbons (Fsp3) is 0.900. The minimum Gasteiger partial charge on any atom is -0.353 e. The molecule has 80 valence electrons. The monoisotopic (exact) mass is 196 g/mol. The molecule has 0 aromatic heterocycles. The summed E-state index contributed by atoms with van der Waals surface area (Å²) in [5, 5.41) is 3.29. The van der Waals surface area contributed by atoms with Gasteiger partial charge in [0.25, 0.3) is 0 Å². The van der Waals surface area contributed by atoms with Crippen molar-refractivity contribution in [3.8, 4) is 0 Å². The highest BCUT2D eigenvalue weighted by molar-refractivity contribution is 5.80. The zero-order chi connectivity index (χ0) is 10.2. The molecule has 4 nitrogen and oxygen atoms in total. The molecule has 2 aliphatic rings. The third-order valence-corrected chi connectivity index (χ3v) is 3.45. The van der Waals surface area contributed by atoms with Crippen LogP contribution in [0.1, 0.15) is 39.5 Å². The van der Waals surface area contributed by atoms with Crippen LogP contribution in [0.25, 0.3) is 0 Å². The molecule has 0 bridgehead atoms. The van der Waals surface area contributed by atoms with Gasteiger partial charge in [0.05, 0.1) is 6.04 Å². The first-order valence-electron chi connectivity index (χ1n) is 5.49. The predicted molar refractivity (Wildman–Crippen MR) is 57.7 cm³/mol. The van der Waals surface area contributed by atoms with Gasteiger partial charge in [-0.1, -0.05) is 13.8 Å². The molecule has 2 saturated carbocycles. The number of nitrogens with one attached hydrogen (secondary N) is 2. The molecule has 2 aliphatic carbocycles. The molecular formula is C10H20N4. The maximum Gasteiger partial charge on any atom is 0.206 e. The molecule has 2 atom stereocenters. The van der Waals surface area contributed by atoms with E-state index in [9.17, 15) is 0 Å². The first-order chi connectivity index (χ1) is 6.68. The van der Waals surface area contributed by atoms with Crippen molar-refractivity contribution < 1.29 is 0 Å². The van der Waals surface area contributed by atoms with Crippen molar-refractivity contribution in [2.24, 2.45) is 16.3 Å². The Hall–Kier alpha value is -0.770. The van der Waals surface area contributed by atoms with Crippen molar-refractivity contribution in [3.63, 3.8) is 0 Å². The maximum absolute atomic E-state index is 5.41. The summed E-state index contributed by atoms with van der Waals surface area (Å²) in [6, 6.07) is 1.07. The van der Waals surface area contributed by atoms with Crippen LogP contribution in [0.2, 0.25) is 0 Å². The standard InChI is InChI=1S/C10H20N4/c1-3-10(2)6-8(10)13-9(14-11)12-7-4-5-7/h7-8H,3-6,11H2,1-2H3,(H2,12,13,14). The average molecular weight is 196 g/mol. The van der Waals surface area contributed by atoms with Gasteiger partial charge < -0.3 is 5.32 Å². The molecule has 4 N–H and O–H groups in total. The number of hydrazine groups is 1. The fourth-order valence-corrected chi connectivity index (χ4v) is 1.66. The van der Waals surface area contributed by atoms with E-state index in [4.69, 9.17) is 5.84 Å². The molecule has 0 heterocycles. The normalized spacial score (nSPS) is 36.8. The van der Waals surface area contributed by atoms with E-state index >= 15 is 0 Å². The number of hydrogen-bond acceptors (Lipinski definition) is 2. The summed E-state index contributed by atoms with van der Waals surface area (Å²) in [7, 11) is 0. The van der Waals surface area contributed by atoms with E-state index in [-0.39, 0.29) is 0 Å². The van der Waals surface area contributed by atoms with Gasteiger partial charge >= 0.3 is 0 Å². The number of hydrogen-bond donors (Lipinski definition) is 3. The Kier molecular flexibility index (Phi) is 2.39. The van der Waals surface area contributed by atoms with Crippen LogP contribution in [0.4, 0.5) is 0 Å². The van der Waals surface area contributed by atoms with Crippen LogP contribution in [-0.4, -0.2) is 18.0 Å². The third-order valence-electron chi connectivity index (χ3n) is 3.45. The Balaban J connectivity index is 1.88. The number of nitrogens with two attached hydrogens (primary N) is 1. The van der Waals surface area contributed by atoms with Crippen molar-refractivity contribution in [3.05, 3.63) is 0 Å². The van der Waals surface area contributed by atoms with Crippen LogP contribution in [0, 0.1) is 5.41 Å². The second-order valence-electron chi connectivity index (χ2n) is 4.77. The molecule has 0 aromatic carbocycles.